The number of aliphatic carboxylic acids is 1. The van der Waals surface area contributed by atoms with Gasteiger partial charge in [0.1, 0.15) is 46.5 Å². The molecule has 12 nitrogen and oxygen atoms in total. The van der Waals surface area contributed by atoms with Crippen LogP contribution in [-0.2, 0) is 9.53 Å². The number of ether oxygens (including phenoxy) is 2. The first-order valence-corrected chi connectivity index (χ1v) is 9.49. The van der Waals surface area contributed by atoms with E-state index in [0.29, 0.717) is 0 Å². The summed E-state index contributed by atoms with van der Waals surface area (Å²) < 4.78 is 16.0. The number of aliphatic hydroxyl groups excluding tert-OH is 3. The molecule has 7 N–H and O–H groups in total. The lowest BCUT2D eigenvalue weighted by atomic mass is 9.99. The molecule has 0 bridgehead atoms. The number of hydrogen-bond donors (Lipinski definition) is 7. The predicted molar refractivity (Wildman–Crippen MR) is 108 cm³/mol. The molecule has 1 aromatic heterocycles. The topological polar surface area (TPSA) is 207 Å². The Hall–Kier alpha value is -3.84. The maximum absolute atomic E-state index is 12.4. The molecular weight excluding hydrogens is 444 g/mol. The van der Waals surface area contributed by atoms with E-state index in [1.165, 1.54) is 12.1 Å². The number of aliphatic hydroxyl groups is 3. The van der Waals surface area contributed by atoms with Crippen molar-refractivity contribution in [2.45, 2.75) is 30.7 Å². The highest BCUT2D eigenvalue weighted by Crippen LogP contribution is 2.36. The van der Waals surface area contributed by atoms with Crippen molar-refractivity contribution in [3.05, 3.63) is 46.6 Å². The summed E-state index contributed by atoms with van der Waals surface area (Å²) in [7, 11) is 0. The molecule has 0 amide bonds. The third-order valence-electron chi connectivity index (χ3n) is 5.10. The highest BCUT2D eigenvalue weighted by atomic mass is 16.7. The molecule has 1 fully saturated rings. The van der Waals surface area contributed by atoms with Gasteiger partial charge in [0.05, 0.1) is 0 Å². The second-order valence-corrected chi connectivity index (χ2v) is 7.35. The Kier molecular flexibility index (Phi) is 5.59. The van der Waals surface area contributed by atoms with Crippen molar-refractivity contribution in [3.63, 3.8) is 0 Å². The molecule has 0 saturated carbocycles. The van der Waals surface area contributed by atoms with Crippen molar-refractivity contribution in [3.8, 4) is 34.3 Å². The van der Waals surface area contributed by atoms with Gasteiger partial charge < -0.3 is 49.6 Å². The van der Waals surface area contributed by atoms with E-state index in [-0.39, 0.29) is 33.8 Å². The summed E-state index contributed by atoms with van der Waals surface area (Å²) in [6, 6.07) is 6.86. The monoisotopic (exact) mass is 462 g/mol. The van der Waals surface area contributed by atoms with Crippen LogP contribution in [0, 0.1) is 0 Å². The molecule has 1 aliphatic rings. The lowest BCUT2D eigenvalue weighted by Crippen LogP contribution is -2.61. The van der Waals surface area contributed by atoms with E-state index in [9.17, 15) is 40.2 Å². The first kappa shape index (κ1) is 22.4. The Morgan fingerprint density at radius 1 is 0.909 bits per heavy atom. The standard InChI is InChI=1S/C21H18O12/c22-8-4-10(24)15-11(25)6-12(31-14(15)5-8)7-1-2-9(23)13(3-7)32-21-18(28)16(26)17(27)19(33-21)20(29)30/h1-6,16-19,21-24,26-28H,(H,29,30)/t16-,17?,18?,19?,21+/m0/s1. The number of carbonyl (C=O) groups is 1. The lowest BCUT2D eigenvalue weighted by molar-refractivity contribution is -0.271. The van der Waals surface area contributed by atoms with Crippen molar-refractivity contribution in [2.24, 2.45) is 0 Å². The first-order valence-electron chi connectivity index (χ1n) is 9.49. The van der Waals surface area contributed by atoms with Crippen LogP contribution in [-0.4, -0.2) is 72.4 Å². The van der Waals surface area contributed by atoms with E-state index in [2.05, 4.69) is 0 Å². The molecule has 3 aromatic rings. The van der Waals surface area contributed by atoms with Gasteiger partial charge in [0, 0.05) is 23.8 Å². The van der Waals surface area contributed by atoms with Crippen LogP contribution in [0.15, 0.2) is 45.6 Å². The van der Waals surface area contributed by atoms with Crippen molar-refractivity contribution < 1.29 is 54.4 Å². The minimum absolute atomic E-state index is 0.0358. The number of benzene rings is 2. The smallest absolute Gasteiger partial charge is 0.335 e. The number of hydrogen-bond acceptors (Lipinski definition) is 11. The Balaban J connectivity index is 1.70. The minimum Gasteiger partial charge on any atom is -0.508 e. The molecule has 3 unspecified atom stereocenters. The average molecular weight is 462 g/mol. The molecule has 1 aliphatic heterocycles. The molecule has 2 aromatic carbocycles. The van der Waals surface area contributed by atoms with Crippen molar-refractivity contribution in [1.29, 1.82) is 0 Å². The Bertz CT molecular complexity index is 1280. The maximum atomic E-state index is 12.4. The molecule has 0 radical (unpaired) electrons. The van der Waals surface area contributed by atoms with Gasteiger partial charge in [-0.2, -0.15) is 0 Å². The van der Waals surface area contributed by atoms with Gasteiger partial charge >= 0.3 is 5.97 Å². The van der Waals surface area contributed by atoms with E-state index in [4.69, 9.17) is 19.0 Å². The molecule has 4 rings (SSSR count). The lowest BCUT2D eigenvalue weighted by Gasteiger charge is -2.38. The molecule has 33 heavy (non-hydrogen) atoms. The Labute approximate surface area is 183 Å². The first-order chi connectivity index (χ1) is 15.6. The van der Waals surface area contributed by atoms with Gasteiger partial charge in [-0.15, -0.1) is 0 Å². The fourth-order valence-electron chi connectivity index (χ4n) is 3.43. The fraction of sp³-hybridized carbons (Fsp3) is 0.238. The maximum Gasteiger partial charge on any atom is 0.335 e. The number of carboxylic acids is 1. The molecular formula is C21H18O12. The van der Waals surface area contributed by atoms with Crippen LogP contribution in [0.3, 0.4) is 0 Å². The molecule has 0 aliphatic carbocycles. The van der Waals surface area contributed by atoms with Crippen molar-refractivity contribution in [1.82, 2.24) is 0 Å². The van der Waals surface area contributed by atoms with Crippen LogP contribution in [0.4, 0.5) is 0 Å². The van der Waals surface area contributed by atoms with E-state index in [1.54, 1.807) is 0 Å². The fourth-order valence-corrected chi connectivity index (χ4v) is 3.43. The summed E-state index contributed by atoms with van der Waals surface area (Å²) in [6.07, 6.45) is -9.37. The molecule has 0 spiro atoms. The minimum atomic E-state index is -1.92. The van der Waals surface area contributed by atoms with E-state index in [1.807, 2.05) is 0 Å². The number of fused-ring (bicyclic) bond motifs is 1. The molecule has 5 atom stereocenters. The summed E-state index contributed by atoms with van der Waals surface area (Å²) in [5.74, 6) is -3.24. The van der Waals surface area contributed by atoms with Gasteiger partial charge in [-0.1, -0.05) is 0 Å². The quantitative estimate of drug-likeness (QED) is 0.270. The third-order valence-corrected chi connectivity index (χ3v) is 5.10. The molecule has 1 saturated heterocycles. The summed E-state index contributed by atoms with van der Waals surface area (Å²) >= 11 is 0. The summed E-state index contributed by atoms with van der Waals surface area (Å²) in [4.78, 5) is 23.7. The van der Waals surface area contributed by atoms with E-state index < -0.39 is 53.6 Å². The predicted octanol–water partition coefficient (Wildman–Crippen LogP) is -0.152. The zero-order valence-corrected chi connectivity index (χ0v) is 16.5. The molecule has 12 heteroatoms. The summed E-state index contributed by atoms with van der Waals surface area (Å²) in [6.45, 7) is 0. The number of aromatic hydroxyl groups is 3. The summed E-state index contributed by atoms with van der Waals surface area (Å²) in [5.41, 5.74) is -0.546. The second kappa shape index (κ2) is 8.26. The SMILES string of the molecule is O=C(O)C1O[C@@H](Oc2cc(-c3cc(=O)c4c(O)cc(O)cc4o3)ccc2O)C(O)[C@@H](O)C1O. The highest BCUT2D eigenvalue weighted by Gasteiger charge is 2.48. The van der Waals surface area contributed by atoms with Gasteiger partial charge in [-0.3, -0.25) is 4.79 Å². The van der Waals surface area contributed by atoms with Crippen LogP contribution in [0.1, 0.15) is 0 Å². The van der Waals surface area contributed by atoms with Gasteiger partial charge in [0.25, 0.3) is 0 Å². The number of phenols is 3. The van der Waals surface area contributed by atoms with E-state index in [0.717, 1.165) is 24.3 Å². The van der Waals surface area contributed by atoms with E-state index >= 15 is 0 Å². The molecule has 2 heterocycles. The average Bonchev–Trinajstić information content (AvgIpc) is 2.74. The number of carboxylic acid groups (broad SMARTS) is 1. The Morgan fingerprint density at radius 3 is 2.33 bits per heavy atom. The van der Waals surface area contributed by atoms with Gasteiger partial charge in [-0.25, -0.2) is 4.79 Å². The van der Waals surface area contributed by atoms with Crippen LogP contribution in [0.2, 0.25) is 0 Å². The van der Waals surface area contributed by atoms with Gasteiger partial charge in [-0.05, 0) is 18.2 Å². The number of phenolic OH excluding ortho intramolecular Hbond substituents is 3. The van der Waals surface area contributed by atoms with Crippen molar-refractivity contribution >= 4 is 16.9 Å². The third kappa shape index (κ3) is 4.03. The van der Waals surface area contributed by atoms with Crippen molar-refractivity contribution in [2.75, 3.05) is 0 Å². The largest absolute Gasteiger partial charge is 0.508 e. The Morgan fingerprint density at radius 2 is 1.64 bits per heavy atom. The summed E-state index contributed by atoms with van der Waals surface area (Å²) in [5, 5.41) is 68.5. The number of rotatable bonds is 4. The highest BCUT2D eigenvalue weighted by molar-refractivity contribution is 5.86. The zero-order valence-electron chi connectivity index (χ0n) is 16.5. The van der Waals surface area contributed by atoms with Gasteiger partial charge in [0.15, 0.2) is 23.0 Å². The molecule has 174 valence electrons. The van der Waals surface area contributed by atoms with Crippen LogP contribution >= 0.6 is 0 Å². The zero-order chi connectivity index (χ0) is 24.0. The van der Waals surface area contributed by atoms with Crippen LogP contribution < -0.4 is 10.2 Å². The van der Waals surface area contributed by atoms with Crippen LogP contribution in [0.25, 0.3) is 22.3 Å². The normalized spacial score (nSPS) is 25.1. The van der Waals surface area contributed by atoms with Crippen LogP contribution in [0.5, 0.6) is 23.0 Å². The van der Waals surface area contributed by atoms with Gasteiger partial charge in [0.2, 0.25) is 6.29 Å². The second-order valence-electron chi connectivity index (χ2n) is 7.35.